The van der Waals surface area contributed by atoms with Crippen LogP contribution in [0.25, 0.3) is 0 Å². The van der Waals surface area contributed by atoms with Crippen LogP contribution in [0.2, 0.25) is 0 Å². The third kappa shape index (κ3) is 4.25. The van der Waals surface area contributed by atoms with E-state index in [0.29, 0.717) is 18.5 Å². The maximum absolute atomic E-state index is 13.2. The van der Waals surface area contributed by atoms with E-state index in [-0.39, 0.29) is 31.3 Å². The number of nitrogens with zero attached hydrogens (tertiary/aromatic N) is 1. The number of ether oxygens (including phenoxy) is 1. The summed E-state index contributed by atoms with van der Waals surface area (Å²) in [6.07, 6.45) is -0.371. The van der Waals surface area contributed by atoms with Gasteiger partial charge in [-0.05, 0) is 30.2 Å². The summed E-state index contributed by atoms with van der Waals surface area (Å²) in [4.78, 5) is 24.5. The molecule has 1 atom stereocenters. The van der Waals surface area contributed by atoms with Crippen LogP contribution in [0, 0.1) is 5.82 Å². The number of carboxylic acids is 1. The number of amides is 1. The van der Waals surface area contributed by atoms with Crippen molar-refractivity contribution >= 4 is 27.8 Å². The molecule has 0 aliphatic carbocycles. The van der Waals surface area contributed by atoms with Crippen molar-refractivity contribution in [1.29, 1.82) is 0 Å². The van der Waals surface area contributed by atoms with E-state index in [9.17, 15) is 14.0 Å². The Labute approximate surface area is 129 Å². The summed E-state index contributed by atoms with van der Waals surface area (Å²) in [6.45, 7) is 0.651. The molecule has 5 nitrogen and oxygen atoms in total. The summed E-state index contributed by atoms with van der Waals surface area (Å²) in [7, 11) is 0. The SMILES string of the molecule is O=C(O)C1CN(C(=O)CCc2cc(F)ccc2Br)CCO1. The minimum atomic E-state index is -1.07. The van der Waals surface area contributed by atoms with Crippen LogP contribution >= 0.6 is 15.9 Å². The number of aryl methyl sites for hydroxylation is 1. The van der Waals surface area contributed by atoms with Gasteiger partial charge in [-0.2, -0.15) is 0 Å². The second-order valence-corrected chi connectivity index (χ2v) is 5.63. The molecule has 1 aliphatic heterocycles. The molecule has 1 N–H and O–H groups in total. The van der Waals surface area contributed by atoms with Crippen molar-refractivity contribution in [1.82, 2.24) is 4.90 Å². The second-order valence-electron chi connectivity index (χ2n) is 4.77. The van der Waals surface area contributed by atoms with Crippen LogP contribution in [0.3, 0.4) is 0 Å². The zero-order valence-corrected chi connectivity index (χ0v) is 12.8. The number of carbonyl (C=O) groups excluding carboxylic acids is 1. The van der Waals surface area contributed by atoms with Crippen LogP contribution < -0.4 is 0 Å². The fourth-order valence-electron chi connectivity index (χ4n) is 2.16. The van der Waals surface area contributed by atoms with Gasteiger partial charge in [0.1, 0.15) is 5.82 Å². The average Bonchev–Trinajstić information content (AvgIpc) is 2.48. The van der Waals surface area contributed by atoms with Gasteiger partial charge in [0.2, 0.25) is 5.91 Å². The fourth-order valence-corrected chi connectivity index (χ4v) is 2.60. The van der Waals surface area contributed by atoms with E-state index in [1.165, 1.54) is 17.0 Å². The van der Waals surface area contributed by atoms with Gasteiger partial charge in [0.15, 0.2) is 6.10 Å². The number of hydrogen-bond donors (Lipinski definition) is 1. The highest BCUT2D eigenvalue weighted by molar-refractivity contribution is 9.10. The van der Waals surface area contributed by atoms with E-state index in [0.717, 1.165) is 4.47 Å². The number of carboxylic acid groups (broad SMARTS) is 1. The van der Waals surface area contributed by atoms with Gasteiger partial charge >= 0.3 is 5.97 Å². The number of morpholine rings is 1. The summed E-state index contributed by atoms with van der Waals surface area (Å²) in [5, 5.41) is 8.90. The normalized spacial score (nSPS) is 18.6. The fraction of sp³-hybridized carbons (Fsp3) is 0.429. The van der Waals surface area contributed by atoms with E-state index in [1.807, 2.05) is 0 Å². The zero-order chi connectivity index (χ0) is 15.4. The molecule has 21 heavy (non-hydrogen) atoms. The third-order valence-corrected chi connectivity index (χ3v) is 4.08. The first kappa shape index (κ1) is 15.9. The van der Waals surface area contributed by atoms with Gasteiger partial charge in [-0.15, -0.1) is 0 Å². The Morgan fingerprint density at radius 3 is 2.95 bits per heavy atom. The highest BCUT2D eigenvalue weighted by atomic mass is 79.9. The number of benzene rings is 1. The predicted molar refractivity (Wildman–Crippen MR) is 76.4 cm³/mol. The van der Waals surface area contributed by atoms with Gasteiger partial charge < -0.3 is 14.7 Å². The second kappa shape index (κ2) is 7.00. The van der Waals surface area contributed by atoms with Crippen LogP contribution in [0.15, 0.2) is 22.7 Å². The van der Waals surface area contributed by atoms with Gasteiger partial charge in [0.25, 0.3) is 0 Å². The summed E-state index contributed by atoms with van der Waals surface area (Å²) in [5.41, 5.74) is 0.714. The van der Waals surface area contributed by atoms with Crippen molar-refractivity contribution in [2.24, 2.45) is 0 Å². The molecule has 0 radical (unpaired) electrons. The molecule has 1 aliphatic rings. The molecule has 0 spiro atoms. The van der Waals surface area contributed by atoms with Crippen molar-refractivity contribution in [2.45, 2.75) is 18.9 Å². The van der Waals surface area contributed by atoms with E-state index >= 15 is 0 Å². The Morgan fingerprint density at radius 2 is 2.24 bits per heavy atom. The van der Waals surface area contributed by atoms with Gasteiger partial charge in [-0.25, -0.2) is 9.18 Å². The van der Waals surface area contributed by atoms with E-state index in [2.05, 4.69) is 15.9 Å². The van der Waals surface area contributed by atoms with Crippen LogP contribution in [0.5, 0.6) is 0 Å². The van der Waals surface area contributed by atoms with Crippen molar-refractivity contribution in [3.8, 4) is 0 Å². The number of aliphatic carboxylic acids is 1. The monoisotopic (exact) mass is 359 g/mol. The average molecular weight is 360 g/mol. The number of rotatable bonds is 4. The van der Waals surface area contributed by atoms with E-state index in [4.69, 9.17) is 9.84 Å². The predicted octanol–water partition coefficient (Wildman–Crippen LogP) is 1.83. The van der Waals surface area contributed by atoms with Gasteiger partial charge in [-0.3, -0.25) is 4.79 Å². The van der Waals surface area contributed by atoms with E-state index < -0.39 is 12.1 Å². The summed E-state index contributed by atoms with van der Waals surface area (Å²) < 4.78 is 19.0. The Morgan fingerprint density at radius 1 is 1.48 bits per heavy atom. The van der Waals surface area contributed by atoms with Crippen molar-refractivity contribution in [3.63, 3.8) is 0 Å². The summed E-state index contributed by atoms with van der Waals surface area (Å²) in [5.74, 6) is -1.57. The van der Waals surface area contributed by atoms with Gasteiger partial charge in [0, 0.05) is 17.4 Å². The maximum Gasteiger partial charge on any atom is 0.334 e. The smallest absolute Gasteiger partial charge is 0.334 e. The Hall–Kier alpha value is -1.47. The minimum absolute atomic E-state index is 0.0541. The highest BCUT2D eigenvalue weighted by Crippen LogP contribution is 2.20. The summed E-state index contributed by atoms with van der Waals surface area (Å²) >= 11 is 3.32. The third-order valence-electron chi connectivity index (χ3n) is 3.31. The van der Waals surface area contributed by atoms with Crippen molar-refractivity contribution < 1.29 is 23.8 Å². The van der Waals surface area contributed by atoms with Gasteiger partial charge in [0.05, 0.1) is 13.2 Å². The van der Waals surface area contributed by atoms with Crippen LogP contribution in [0.1, 0.15) is 12.0 Å². The number of hydrogen-bond acceptors (Lipinski definition) is 3. The first-order valence-corrected chi connectivity index (χ1v) is 7.33. The Bertz CT molecular complexity index is 552. The first-order valence-electron chi connectivity index (χ1n) is 6.53. The van der Waals surface area contributed by atoms with Crippen LogP contribution in [0.4, 0.5) is 4.39 Å². The molecule has 1 amide bonds. The lowest BCUT2D eigenvalue weighted by Crippen LogP contribution is -2.48. The standard InChI is InChI=1S/C14H15BrFNO4/c15-11-3-2-10(16)7-9(11)1-4-13(18)17-5-6-21-12(8-17)14(19)20/h2-3,7,12H,1,4-6,8H2,(H,19,20). The maximum atomic E-state index is 13.2. The minimum Gasteiger partial charge on any atom is -0.479 e. The van der Waals surface area contributed by atoms with Crippen molar-refractivity contribution in [2.75, 3.05) is 19.7 Å². The van der Waals surface area contributed by atoms with Crippen molar-refractivity contribution in [3.05, 3.63) is 34.1 Å². The lowest BCUT2D eigenvalue weighted by molar-refractivity contribution is -0.159. The molecular weight excluding hydrogens is 345 g/mol. The highest BCUT2D eigenvalue weighted by Gasteiger charge is 2.28. The molecule has 1 saturated heterocycles. The van der Waals surface area contributed by atoms with Crippen LogP contribution in [-0.2, 0) is 20.7 Å². The van der Waals surface area contributed by atoms with E-state index in [1.54, 1.807) is 6.07 Å². The Kier molecular flexibility index (Phi) is 5.30. The molecule has 1 fully saturated rings. The quantitative estimate of drug-likeness (QED) is 0.890. The molecule has 2 rings (SSSR count). The lowest BCUT2D eigenvalue weighted by Gasteiger charge is -2.31. The molecule has 1 heterocycles. The summed E-state index contributed by atoms with van der Waals surface area (Å²) in [6, 6.07) is 4.33. The molecule has 1 unspecified atom stereocenters. The molecule has 0 aromatic heterocycles. The molecular formula is C14H15BrFNO4. The molecule has 0 bridgehead atoms. The number of halogens is 2. The Balaban J connectivity index is 1.92. The number of carbonyl (C=O) groups is 2. The first-order chi connectivity index (χ1) is 9.97. The topological polar surface area (TPSA) is 66.8 Å². The molecule has 114 valence electrons. The van der Waals surface area contributed by atoms with Gasteiger partial charge in [-0.1, -0.05) is 15.9 Å². The zero-order valence-electron chi connectivity index (χ0n) is 11.2. The lowest BCUT2D eigenvalue weighted by atomic mass is 10.1. The molecule has 7 heteroatoms. The molecule has 1 aromatic rings. The van der Waals surface area contributed by atoms with Crippen LogP contribution in [-0.4, -0.2) is 47.7 Å². The largest absolute Gasteiger partial charge is 0.479 e. The molecule has 0 saturated carbocycles. The molecule has 1 aromatic carbocycles.